The number of benzene rings is 1. The van der Waals surface area contributed by atoms with Gasteiger partial charge in [0.25, 0.3) is 0 Å². The van der Waals surface area contributed by atoms with Gasteiger partial charge in [-0.05, 0) is 18.6 Å². The normalized spacial score (nSPS) is 10.1. The molecule has 0 saturated heterocycles. The second-order valence-electron chi connectivity index (χ2n) is 3.28. The molecule has 1 rings (SSSR count). The van der Waals surface area contributed by atoms with Crippen LogP contribution in [0.2, 0.25) is 0 Å². The minimum Gasteiger partial charge on any atom is -0.490 e. The summed E-state index contributed by atoms with van der Waals surface area (Å²) in [5.41, 5.74) is 0.527. The van der Waals surface area contributed by atoms with Gasteiger partial charge in [0.1, 0.15) is 0 Å². The molecule has 0 saturated carbocycles. The Labute approximate surface area is 94.1 Å². The van der Waals surface area contributed by atoms with Crippen LogP contribution in [0.3, 0.4) is 0 Å². The van der Waals surface area contributed by atoms with Crippen molar-refractivity contribution in [2.45, 2.75) is 20.0 Å². The third-order valence-electron chi connectivity index (χ3n) is 2.09. The van der Waals surface area contributed by atoms with Crippen molar-refractivity contribution in [3.63, 3.8) is 0 Å². The van der Waals surface area contributed by atoms with Gasteiger partial charge in [-0.3, -0.25) is 10.1 Å². The molecule has 0 aliphatic heterocycles. The number of nitrogens with zero attached hydrogens (tertiary/aromatic N) is 1. The van der Waals surface area contributed by atoms with E-state index in [2.05, 4.69) is 0 Å². The lowest BCUT2D eigenvalue weighted by Crippen LogP contribution is -2.01. The van der Waals surface area contributed by atoms with Gasteiger partial charge in [-0.2, -0.15) is 0 Å². The van der Waals surface area contributed by atoms with E-state index >= 15 is 0 Å². The molecule has 0 aromatic heterocycles. The van der Waals surface area contributed by atoms with Crippen LogP contribution in [0.15, 0.2) is 18.2 Å². The van der Waals surface area contributed by atoms with Gasteiger partial charge in [0.05, 0.1) is 24.2 Å². The second-order valence-corrected chi connectivity index (χ2v) is 3.28. The van der Waals surface area contributed by atoms with Gasteiger partial charge in [0, 0.05) is 6.61 Å². The fourth-order valence-corrected chi connectivity index (χ4v) is 1.38. The van der Waals surface area contributed by atoms with E-state index < -0.39 is 4.92 Å². The molecule has 1 aromatic rings. The fourth-order valence-electron chi connectivity index (χ4n) is 1.38. The SMILES string of the molecule is CCCOCc1cccc(OC)c1[N+](=O)[O-]. The Bertz CT molecular complexity index is 365. The molecule has 0 N–H and O–H groups in total. The molecule has 0 spiro atoms. The molecule has 0 atom stereocenters. The number of nitro benzene ring substituents is 1. The minimum absolute atomic E-state index is 0.0129. The Morgan fingerprint density at radius 3 is 2.75 bits per heavy atom. The number of hydrogen-bond donors (Lipinski definition) is 0. The van der Waals surface area contributed by atoms with Crippen LogP contribution in [0.4, 0.5) is 5.69 Å². The fraction of sp³-hybridized carbons (Fsp3) is 0.455. The van der Waals surface area contributed by atoms with E-state index in [0.29, 0.717) is 12.2 Å². The summed E-state index contributed by atoms with van der Waals surface area (Å²) in [6, 6.07) is 4.97. The predicted molar refractivity (Wildman–Crippen MR) is 59.6 cm³/mol. The van der Waals surface area contributed by atoms with Crippen LogP contribution in [0.1, 0.15) is 18.9 Å². The molecule has 1 aromatic carbocycles. The highest BCUT2D eigenvalue weighted by molar-refractivity contribution is 5.52. The van der Waals surface area contributed by atoms with Crippen molar-refractivity contribution >= 4 is 5.69 Å². The summed E-state index contributed by atoms with van der Waals surface area (Å²) >= 11 is 0. The van der Waals surface area contributed by atoms with Crippen LogP contribution in [0, 0.1) is 10.1 Å². The zero-order valence-electron chi connectivity index (χ0n) is 9.43. The van der Waals surface area contributed by atoms with Crippen LogP contribution in [0.5, 0.6) is 5.75 Å². The Hall–Kier alpha value is -1.62. The van der Waals surface area contributed by atoms with Gasteiger partial charge >= 0.3 is 5.69 Å². The van der Waals surface area contributed by atoms with Gasteiger partial charge in [-0.25, -0.2) is 0 Å². The molecule has 5 nitrogen and oxygen atoms in total. The first-order valence-electron chi connectivity index (χ1n) is 5.08. The lowest BCUT2D eigenvalue weighted by molar-refractivity contribution is -0.386. The second kappa shape index (κ2) is 6.07. The summed E-state index contributed by atoms with van der Waals surface area (Å²) in [5.74, 6) is 0.266. The highest BCUT2D eigenvalue weighted by Crippen LogP contribution is 2.30. The molecule has 16 heavy (non-hydrogen) atoms. The first kappa shape index (κ1) is 12.4. The molecule has 0 aliphatic carbocycles. The van der Waals surface area contributed by atoms with Crippen LogP contribution >= 0.6 is 0 Å². The number of rotatable bonds is 6. The Kier molecular flexibility index (Phi) is 4.72. The maximum Gasteiger partial charge on any atom is 0.316 e. The molecular weight excluding hydrogens is 210 g/mol. The van der Waals surface area contributed by atoms with E-state index in [1.165, 1.54) is 7.11 Å². The van der Waals surface area contributed by atoms with E-state index in [1.807, 2.05) is 6.92 Å². The zero-order valence-corrected chi connectivity index (χ0v) is 9.43. The van der Waals surface area contributed by atoms with Crippen LogP contribution in [-0.2, 0) is 11.3 Å². The Balaban J connectivity index is 2.93. The largest absolute Gasteiger partial charge is 0.490 e. The highest BCUT2D eigenvalue weighted by Gasteiger charge is 2.19. The van der Waals surface area contributed by atoms with Gasteiger partial charge in [0.2, 0.25) is 0 Å². The van der Waals surface area contributed by atoms with Gasteiger partial charge in [0.15, 0.2) is 5.75 Å². The topological polar surface area (TPSA) is 61.6 Å². The van der Waals surface area contributed by atoms with Crippen molar-refractivity contribution in [1.82, 2.24) is 0 Å². The maximum atomic E-state index is 10.9. The number of hydrogen-bond acceptors (Lipinski definition) is 4. The molecule has 0 amide bonds. The lowest BCUT2D eigenvalue weighted by Gasteiger charge is -2.07. The predicted octanol–water partition coefficient (Wildman–Crippen LogP) is 2.53. The standard InChI is InChI=1S/C11H15NO4/c1-3-7-16-8-9-5-4-6-10(15-2)11(9)12(13)14/h4-6H,3,7-8H2,1-2H3. The molecule has 5 heteroatoms. The van der Waals surface area contributed by atoms with Crippen molar-refractivity contribution in [3.05, 3.63) is 33.9 Å². The summed E-state index contributed by atoms with van der Waals surface area (Å²) < 4.78 is 10.3. The number of para-hydroxylation sites is 1. The summed E-state index contributed by atoms with van der Waals surface area (Å²) in [6.07, 6.45) is 0.887. The van der Waals surface area contributed by atoms with Crippen LogP contribution in [-0.4, -0.2) is 18.6 Å². The van der Waals surface area contributed by atoms with E-state index in [0.717, 1.165) is 6.42 Å². The molecule has 0 radical (unpaired) electrons. The molecule has 88 valence electrons. The van der Waals surface area contributed by atoms with Gasteiger partial charge < -0.3 is 9.47 Å². The molecule has 0 bridgehead atoms. The quantitative estimate of drug-likeness (QED) is 0.424. The van der Waals surface area contributed by atoms with Crippen molar-refractivity contribution in [2.24, 2.45) is 0 Å². The van der Waals surface area contributed by atoms with E-state index in [-0.39, 0.29) is 18.0 Å². The van der Waals surface area contributed by atoms with Gasteiger partial charge in [-0.1, -0.05) is 13.0 Å². The molecule has 0 aliphatic rings. The summed E-state index contributed by atoms with van der Waals surface area (Å²) in [4.78, 5) is 10.5. The average molecular weight is 225 g/mol. The first-order chi connectivity index (χ1) is 7.70. The third-order valence-corrected chi connectivity index (χ3v) is 2.09. The zero-order chi connectivity index (χ0) is 12.0. The average Bonchev–Trinajstić information content (AvgIpc) is 2.28. The molecular formula is C11H15NO4. The Morgan fingerprint density at radius 1 is 1.44 bits per heavy atom. The van der Waals surface area contributed by atoms with Crippen molar-refractivity contribution in [2.75, 3.05) is 13.7 Å². The van der Waals surface area contributed by atoms with Crippen molar-refractivity contribution in [1.29, 1.82) is 0 Å². The molecule has 0 fully saturated rings. The first-order valence-corrected chi connectivity index (χ1v) is 5.08. The number of ether oxygens (including phenoxy) is 2. The van der Waals surface area contributed by atoms with Crippen molar-refractivity contribution < 1.29 is 14.4 Å². The minimum atomic E-state index is -0.441. The van der Waals surface area contributed by atoms with E-state index in [4.69, 9.17) is 9.47 Å². The van der Waals surface area contributed by atoms with Crippen molar-refractivity contribution in [3.8, 4) is 5.75 Å². The Morgan fingerprint density at radius 2 is 2.19 bits per heavy atom. The van der Waals surface area contributed by atoms with Crippen LogP contribution < -0.4 is 4.74 Å². The number of methoxy groups -OCH3 is 1. The summed E-state index contributed by atoms with van der Waals surface area (Å²) in [7, 11) is 1.42. The molecule has 0 heterocycles. The summed E-state index contributed by atoms with van der Waals surface area (Å²) in [5, 5.41) is 10.9. The number of nitro groups is 1. The lowest BCUT2D eigenvalue weighted by atomic mass is 10.2. The summed E-state index contributed by atoms with van der Waals surface area (Å²) in [6.45, 7) is 2.82. The van der Waals surface area contributed by atoms with Crippen LogP contribution in [0.25, 0.3) is 0 Å². The monoisotopic (exact) mass is 225 g/mol. The van der Waals surface area contributed by atoms with E-state index in [1.54, 1.807) is 18.2 Å². The van der Waals surface area contributed by atoms with E-state index in [9.17, 15) is 10.1 Å². The maximum absolute atomic E-state index is 10.9. The highest BCUT2D eigenvalue weighted by atomic mass is 16.6. The molecule has 0 unspecified atom stereocenters. The third kappa shape index (κ3) is 2.93. The smallest absolute Gasteiger partial charge is 0.316 e. The van der Waals surface area contributed by atoms with Gasteiger partial charge in [-0.15, -0.1) is 0 Å².